The van der Waals surface area contributed by atoms with Crippen LogP contribution < -0.4 is 5.32 Å². The Morgan fingerprint density at radius 2 is 2.24 bits per heavy atom. The Bertz CT molecular complexity index is 554. The predicted octanol–water partition coefficient (Wildman–Crippen LogP) is 2.00. The molecule has 2 rings (SSSR count). The summed E-state index contributed by atoms with van der Waals surface area (Å²) in [6, 6.07) is 3.67. The van der Waals surface area contributed by atoms with Crippen LogP contribution in [0, 0.1) is 17.8 Å². The van der Waals surface area contributed by atoms with Crippen LogP contribution in [-0.4, -0.2) is 22.0 Å². The third-order valence-corrected chi connectivity index (χ3v) is 3.90. The number of carboxylic acid groups (broad SMARTS) is 1. The Morgan fingerprint density at radius 1 is 1.48 bits per heavy atom. The quantitative estimate of drug-likeness (QED) is 0.831. The molecule has 0 fully saturated rings. The first-order valence-electron chi connectivity index (χ1n) is 7.05. The van der Waals surface area contributed by atoms with Crippen LogP contribution in [0.3, 0.4) is 0 Å². The molecule has 2 N–H and O–H groups in total. The van der Waals surface area contributed by atoms with Crippen LogP contribution >= 0.6 is 0 Å². The predicted molar refractivity (Wildman–Crippen MR) is 78.2 cm³/mol. The second-order valence-electron chi connectivity index (χ2n) is 5.63. The Balaban J connectivity index is 2.06. The number of amides is 1. The standard InChI is InChI=1S/C16H20N2O3/c1-10-6-11(2)14(16(20)21)13(7-10)15(19)18-9-12-4-3-5-17-8-12/h3-6,8,11,13-14H,7,9H2,1-2H3,(H,18,19)(H,20,21)/t11-,13-,14+/m1/s1. The molecule has 1 aromatic rings. The van der Waals surface area contributed by atoms with Crippen molar-refractivity contribution < 1.29 is 14.7 Å². The van der Waals surface area contributed by atoms with Gasteiger partial charge in [0.05, 0.1) is 11.8 Å². The van der Waals surface area contributed by atoms with Gasteiger partial charge in [-0.15, -0.1) is 0 Å². The molecule has 0 saturated carbocycles. The maximum atomic E-state index is 12.4. The van der Waals surface area contributed by atoms with E-state index in [1.165, 1.54) is 0 Å². The number of nitrogens with one attached hydrogen (secondary N) is 1. The molecule has 1 aliphatic rings. The molecule has 5 nitrogen and oxygen atoms in total. The number of pyridine rings is 1. The summed E-state index contributed by atoms with van der Waals surface area (Å²) in [5.74, 6) is -2.43. The van der Waals surface area contributed by atoms with E-state index in [2.05, 4.69) is 10.3 Å². The van der Waals surface area contributed by atoms with Gasteiger partial charge in [0.2, 0.25) is 5.91 Å². The van der Waals surface area contributed by atoms with E-state index in [-0.39, 0.29) is 11.8 Å². The maximum Gasteiger partial charge on any atom is 0.307 e. The van der Waals surface area contributed by atoms with Crippen molar-refractivity contribution in [2.24, 2.45) is 17.8 Å². The molecule has 3 atom stereocenters. The second kappa shape index (κ2) is 6.52. The van der Waals surface area contributed by atoms with Gasteiger partial charge in [-0.3, -0.25) is 14.6 Å². The van der Waals surface area contributed by atoms with Crippen LogP contribution in [0.5, 0.6) is 0 Å². The van der Waals surface area contributed by atoms with E-state index in [1.54, 1.807) is 18.5 Å². The minimum atomic E-state index is -0.909. The van der Waals surface area contributed by atoms with Crippen LogP contribution in [0.4, 0.5) is 0 Å². The number of allylic oxidation sites excluding steroid dienone is 2. The van der Waals surface area contributed by atoms with Crippen molar-refractivity contribution in [2.45, 2.75) is 26.8 Å². The fourth-order valence-corrected chi connectivity index (χ4v) is 2.94. The topological polar surface area (TPSA) is 79.3 Å². The summed E-state index contributed by atoms with van der Waals surface area (Å²) in [5.41, 5.74) is 1.97. The van der Waals surface area contributed by atoms with Crippen molar-refractivity contribution in [3.05, 3.63) is 41.7 Å². The fourth-order valence-electron chi connectivity index (χ4n) is 2.94. The van der Waals surface area contributed by atoms with Gasteiger partial charge in [0.25, 0.3) is 0 Å². The maximum absolute atomic E-state index is 12.4. The zero-order valence-corrected chi connectivity index (χ0v) is 12.2. The van der Waals surface area contributed by atoms with E-state index in [9.17, 15) is 14.7 Å². The molecular formula is C16H20N2O3. The van der Waals surface area contributed by atoms with E-state index in [0.29, 0.717) is 13.0 Å². The molecule has 21 heavy (non-hydrogen) atoms. The highest BCUT2D eigenvalue weighted by molar-refractivity contribution is 5.85. The van der Waals surface area contributed by atoms with Gasteiger partial charge >= 0.3 is 5.97 Å². The van der Waals surface area contributed by atoms with Crippen LogP contribution in [0.25, 0.3) is 0 Å². The lowest BCUT2D eigenvalue weighted by molar-refractivity contribution is -0.149. The van der Waals surface area contributed by atoms with E-state index in [4.69, 9.17) is 0 Å². The smallest absolute Gasteiger partial charge is 0.307 e. The fraction of sp³-hybridized carbons (Fsp3) is 0.438. The Hall–Kier alpha value is -2.17. The molecule has 1 aromatic heterocycles. The van der Waals surface area contributed by atoms with Gasteiger partial charge in [0.1, 0.15) is 0 Å². The molecule has 1 amide bonds. The molecule has 0 saturated heterocycles. The monoisotopic (exact) mass is 288 g/mol. The van der Waals surface area contributed by atoms with Gasteiger partial charge < -0.3 is 10.4 Å². The average Bonchev–Trinajstić information content (AvgIpc) is 2.44. The number of hydrogen-bond donors (Lipinski definition) is 2. The first-order valence-corrected chi connectivity index (χ1v) is 7.05. The van der Waals surface area contributed by atoms with Crippen molar-refractivity contribution in [1.29, 1.82) is 0 Å². The minimum absolute atomic E-state index is 0.134. The highest BCUT2D eigenvalue weighted by Gasteiger charge is 2.39. The number of aliphatic carboxylic acids is 1. The van der Waals surface area contributed by atoms with Gasteiger partial charge in [-0.25, -0.2) is 0 Å². The molecule has 0 bridgehead atoms. The zero-order chi connectivity index (χ0) is 15.4. The number of hydrogen-bond acceptors (Lipinski definition) is 3. The number of carbonyl (C=O) groups is 2. The van der Waals surface area contributed by atoms with Crippen molar-refractivity contribution >= 4 is 11.9 Å². The average molecular weight is 288 g/mol. The van der Waals surface area contributed by atoms with Crippen molar-refractivity contribution in [2.75, 3.05) is 0 Å². The normalized spacial score (nSPS) is 25.0. The molecule has 1 aliphatic carbocycles. The molecule has 0 radical (unpaired) electrons. The van der Waals surface area contributed by atoms with Gasteiger partial charge in [-0.2, -0.15) is 0 Å². The number of carboxylic acids is 1. The van der Waals surface area contributed by atoms with E-state index >= 15 is 0 Å². The summed E-state index contributed by atoms with van der Waals surface area (Å²) in [6.07, 6.45) is 5.80. The molecule has 0 unspecified atom stereocenters. The van der Waals surface area contributed by atoms with Gasteiger partial charge in [0, 0.05) is 18.9 Å². The van der Waals surface area contributed by atoms with Gasteiger partial charge in [-0.1, -0.05) is 24.6 Å². The Kier molecular flexibility index (Phi) is 4.73. The van der Waals surface area contributed by atoms with Crippen LogP contribution in [0.1, 0.15) is 25.8 Å². The van der Waals surface area contributed by atoms with Crippen molar-refractivity contribution in [3.63, 3.8) is 0 Å². The minimum Gasteiger partial charge on any atom is -0.481 e. The summed E-state index contributed by atoms with van der Waals surface area (Å²) >= 11 is 0. The van der Waals surface area contributed by atoms with Crippen LogP contribution in [0.2, 0.25) is 0 Å². The second-order valence-corrected chi connectivity index (χ2v) is 5.63. The lowest BCUT2D eigenvalue weighted by Crippen LogP contribution is -2.42. The van der Waals surface area contributed by atoms with Crippen molar-refractivity contribution in [1.82, 2.24) is 10.3 Å². The third-order valence-electron chi connectivity index (χ3n) is 3.90. The Morgan fingerprint density at radius 3 is 2.86 bits per heavy atom. The van der Waals surface area contributed by atoms with E-state index < -0.39 is 17.8 Å². The lowest BCUT2D eigenvalue weighted by atomic mass is 9.73. The van der Waals surface area contributed by atoms with E-state index in [1.807, 2.05) is 26.0 Å². The summed E-state index contributed by atoms with van der Waals surface area (Å²) in [5, 5.41) is 12.2. The van der Waals surface area contributed by atoms with Gasteiger partial charge in [-0.05, 0) is 30.9 Å². The van der Waals surface area contributed by atoms with Crippen molar-refractivity contribution in [3.8, 4) is 0 Å². The molecule has 5 heteroatoms. The number of carbonyl (C=O) groups excluding carboxylic acids is 1. The highest BCUT2D eigenvalue weighted by atomic mass is 16.4. The van der Waals surface area contributed by atoms with Crippen LogP contribution in [0.15, 0.2) is 36.2 Å². The summed E-state index contributed by atoms with van der Waals surface area (Å²) in [6.45, 7) is 4.16. The molecule has 0 aliphatic heterocycles. The molecule has 1 heterocycles. The van der Waals surface area contributed by atoms with E-state index in [0.717, 1.165) is 11.1 Å². The summed E-state index contributed by atoms with van der Waals surface area (Å²) < 4.78 is 0. The lowest BCUT2D eigenvalue weighted by Gasteiger charge is -2.31. The molecule has 112 valence electrons. The summed E-state index contributed by atoms with van der Waals surface area (Å²) in [7, 11) is 0. The molecule has 0 aromatic carbocycles. The molecule has 0 spiro atoms. The number of aromatic nitrogens is 1. The number of rotatable bonds is 4. The van der Waals surface area contributed by atoms with Gasteiger partial charge in [0.15, 0.2) is 0 Å². The largest absolute Gasteiger partial charge is 0.481 e. The first kappa shape index (κ1) is 15.2. The SMILES string of the molecule is CC1=C[C@@H](C)[C@H](C(=O)O)[C@H](C(=O)NCc2cccnc2)C1. The third kappa shape index (κ3) is 3.68. The first-order chi connectivity index (χ1) is 9.99. The van der Waals surface area contributed by atoms with Crippen LogP contribution in [-0.2, 0) is 16.1 Å². The zero-order valence-electron chi connectivity index (χ0n) is 12.2. The summed E-state index contributed by atoms with van der Waals surface area (Å²) in [4.78, 5) is 27.8. The number of nitrogens with zero attached hydrogens (tertiary/aromatic N) is 1. The molecular weight excluding hydrogens is 268 g/mol. The highest BCUT2D eigenvalue weighted by Crippen LogP contribution is 2.34. The Labute approximate surface area is 124 Å².